The smallest absolute Gasteiger partial charge is 0.258 e. The predicted molar refractivity (Wildman–Crippen MR) is 139 cm³/mol. The summed E-state index contributed by atoms with van der Waals surface area (Å²) in [6.45, 7) is 13.2. The highest BCUT2D eigenvalue weighted by Crippen LogP contribution is 2.55. The molecule has 3 aliphatic rings. The largest absolute Gasteiger partial charge is 0.733 e. The Morgan fingerprint density at radius 3 is 1.71 bits per heavy atom. The van der Waals surface area contributed by atoms with Gasteiger partial charge in [0.2, 0.25) is 0 Å². The van der Waals surface area contributed by atoms with Gasteiger partial charge in [-0.15, -0.1) is 0 Å². The van der Waals surface area contributed by atoms with Gasteiger partial charge in [0.25, 0.3) is 5.91 Å². The Hall–Kier alpha value is -3.19. The number of ether oxygens (including phenoxy) is 2. The Kier molecular flexibility index (Phi) is 6.41. The summed E-state index contributed by atoms with van der Waals surface area (Å²) in [5.41, 5.74) is 1.11. The first-order valence-corrected chi connectivity index (χ1v) is 12.5. The van der Waals surface area contributed by atoms with Crippen molar-refractivity contribution in [1.29, 1.82) is 0 Å². The van der Waals surface area contributed by atoms with Crippen LogP contribution in [0.5, 0.6) is 0 Å². The van der Waals surface area contributed by atoms with Crippen molar-refractivity contribution in [2.45, 2.75) is 63.2 Å². The van der Waals surface area contributed by atoms with Crippen molar-refractivity contribution < 1.29 is 24.7 Å². The number of nitrogens with zero attached hydrogens (tertiary/aromatic N) is 4. The van der Waals surface area contributed by atoms with Crippen LogP contribution in [0.25, 0.3) is 0 Å². The number of epoxide rings is 2. The molecule has 3 heterocycles. The molecule has 3 aliphatic heterocycles. The molecule has 2 aromatic rings. The summed E-state index contributed by atoms with van der Waals surface area (Å²) in [4.78, 5) is 17.6. The lowest BCUT2D eigenvalue weighted by Crippen LogP contribution is -2.60. The maximum Gasteiger partial charge on any atom is 0.258 e. The topological polar surface area (TPSA) is 142 Å². The number of benzene rings is 2. The second kappa shape index (κ2) is 9.23. The summed E-state index contributed by atoms with van der Waals surface area (Å²) >= 11 is 0. The van der Waals surface area contributed by atoms with Gasteiger partial charge < -0.3 is 40.1 Å². The van der Waals surface area contributed by atoms with E-state index in [2.05, 4.69) is 11.5 Å². The predicted octanol–water partition coefficient (Wildman–Crippen LogP) is 3.87. The molecule has 11 heteroatoms. The molecule has 38 heavy (non-hydrogen) atoms. The number of amides is 1. The lowest BCUT2D eigenvalue weighted by atomic mass is 9.94. The zero-order valence-corrected chi connectivity index (χ0v) is 21.8. The highest BCUT2D eigenvalue weighted by Gasteiger charge is 2.62. The van der Waals surface area contributed by atoms with E-state index < -0.39 is 17.3 Å². The molecule has 0 bridgehead atoms. The van der Waals surface area contributed by atoms with Crippen LogP contribution in [0.4, 0.5) is 11.4 Å². The van der Waals surface area contributed by atoms with Crippen molar-refractivity contribution in [2.75, 3.05) is 23.5 Å². The van der Waals surface area contributed by atoms with Gasteiger partial charge in [0.15, 0.2) is 5.60 Å². The SMILES string of the molecule is C=C(N1C[C@H](C)N(C(=O)[C@@]2(C)O[C@@H]2c2ccc(N([O-])O)cc2)C[C@@H]1C)[C@@]1(C)O[C@@H]1c1ccc(N([O-])O)cc1. The minimum atomic E-state index is -0.998. The van der Waals surface area contributed by atoms with E-state index in [4.69, 9.17) is 19.9 Å². The molecule has 5 rings (SSSR count). The maximum atomic E-state index is 13.6. The minimum Gasteiger partial charge on any atom is -0.733 e. The van der Waals surface area contributed by atoms with E-state index in [1.807, 2.05) is 25.7 Å². The normalized spacial score (nSPS) is 32.1. The van der Waals surface area contributed by atoms with Gasteiger partial charge in [0, 0.05) is 30.9 Å². The molecule has 0 unspecified atom stereocenters. The summed E-state index contributed by atoms with van der Waals surface area (Å²) in [7, 11) is 0. The second-order valence-corrected chi connectivity index (χ2v) is 10.7. The Labute approximate surface area is 221 Å². The van der Waals surface area contributed by atoms with E-state index in [-0.39, 0.29) is 45.9 Å². The van der Waals surface area contributed by atoms with Gasteiger partial charge in [0.05, 0.1) is 11.4 Å². The second-order valence-electron chi connectivity index (χ2n) is 10.7. The van der Waals surface area contributed by atoms with E-state index in [0.29, 0.717) is 13.1 Å². The fourth-order valence-corrected chi connectivity index (χ4v) is 5.48. The Balaban J connectivity index is 1.23. The van der Waals surface area contributed by atoms with Gasteiger partial charge >= 0.3 is 0 Å². The number of hydrogen-bond acceptors (Lipinski definition) is 10. The van der Waals surface area contributed by atoms with Crippen LogP contribution in [-0.2, 0) is 14.3 Å². The molecule has 204 valence electrons. The van der Waals surface area contributed by atoms with Gasteiger partial charge in [-0.25, -0.2) is 0 Å². The quantitative estimate of drug-likeness (QED) is 0.405. The van der Waals surface area contributed by atoms with Crippen LogP contribution in [0.15, 0.2) is 60.8 Å². The van der Waals surface area contributed by atoms with Gasteiger partial charge in [-0.2, -0.15) is 0 Å². The number of hydrogen-bond donors (Lipinski definition) is 2. The van der Waals surface area contributed by atoms with Gasteiger partial charge in [0.1, 0.15) is 17.8 Å². The molecule has 1 amide bonds. The molecule has 0 aliphatic carbocycles. The van der Waals surface area contributed by atoms with Crippen molar-refractivity contribution in [3.63, 3.8) is 0 Å². The van der Waals surface area contributed by atoms with Crippen molar-refractivity contribution in [3.05, 3.63) is 82.3 Å². The van der Waals surface area contributed by atoms with Crippen LogP contribution < -0.4 is 10.5 Å². The lowest BCUT2D eigenvalue weighted by Gasteiger charge is -2.47. The number of carbonyl (C=O) groups excluding carboxylic acids is 1. The maximum absolute atomic E-state index is 13.6. The molecular formula is C27H32N4O7-2. The zero-order chi connectivity index (χ0) is 27.6. The van der Waals surface area contributed by atoms with E-state index in [1.165, 1.54) is 24.3 Å². The van der Waals surface area contributed by atoms with Crippen molar-refractivity contribution >= 4 is 17.3 Å². The standard InChI is InChI=1S/C27H32N4O7/c1-16-15-29(25(32)27(5)24(38-27)20-8-12-22(13-9-20)31(35)36)17(2)14-28(16)18(3)26(4)23(37-26)19-6-10-21(11-7-19)30(33)34/h6-13,16-17,23-24,33,35H,3,14-15H2,1-2,4-5H3/q-2/t16-,17-,23+,24+,26+,27-/m0/s1. The third kappa shape index (κ3) is 4.41. The molecular weight excluding hydrogens is 492 g/mol. The average molecular weight is 525 g/mol. The number of anilines is 2. The summed E-state index contributed by atoms with van der Waals surface area (Å²) < 4.78 is 12.0. The third-order valence-electron chi connectivity index (χ3n) is 8.04. The average Bonchev–Trinajstić information content (AvgIpc) is 3.79. The zero-order valence-electron chi connectivity index (χ0n) is 21.8. The van der Waals surface area contributed by atoms with Crippen molar-refractivity contribution in [2.24, 2.45) is 0 Å². The number of piperazine rings is 1. The summed E-state index contributed by atoms with van der Waals surface area (Å²) in [5, 5.41) is 39.9. The summed E-state index contributed by atoms with van der Waals surface area (Å²) in [5.74, 6) is -0.0908. The van der Waals surface area contributed by atoms with Crippen LogP contribution in [0.3, 0.4) is 0 Å². The summed E-state index contributed by atoms with van der Waals surface area (Å²) in [6.07, 6.45) is -0.653. The van der Waals surface area contributed by atoms with Gasteiger partial charge in [-0.1, -0.05) is 30.8 Å². The number of rotatable bonds is 7. The summed E-state index contributed by atoms with van der Waals surface area (Å²) in [6, 6.07) is 12.8. The van der Waals surface area contributed by atoms with Crippen LogP contribution in [0.2, 0.25) is 0 Å². The molecule has 0 radical (unpaired) electrons. The van der Waals surface area contributed by atoms with Gasteiger partial charge in [-0.05, 0) is 63.1 Å². The molecule has 11 nitrogen and oxygen atoms in total. The molecule has 6 atom stereocenters. The van der Waals surface area contributed by atoms with Crippen LogP contribution in [0.1, 0.15) is 51.0 Å². The fraction of sp³-hybridized carbons (Fsp3) is 0.444. The van der Waals surface area contributed by atoms with E-state index in [1.54, 1.807) is 31.2 Å². The molecule has 0 spiro atoms. The van der Waals surface area contributed by atoms with Crippen LogP contribution in [-0.4, -0.2) is 62.5 Å². The molecule has 2 aromatic carbocycles. The Morgan fingerprint density at radius 2 is 1.24 bits per heavy atom. The molecule has 2 N–H and O–H groups in total. The fourth-order valence-electron chi connectivity index (χ4n) is 5.48. The first-order chi connectivity index (χ1) is 17.9. The first-order valence-electron chi connectivity index (χ1n) is 12.5. The number of carbonyl (C=O) groups is 1. The minimum absolute atomic E-state index is 0.0113. The Morgan fingerprint density at radius 1 is 0.842 bits per heavy atom. The highest BCUT2D eigenvalue weighted by atomic mass is 16.8. The van der Waals surface area contributed by atoms with Gasteiger partial charge in [-0.3, -0.25) is 15.2 Å². The van der Waals surface area contributed by atoms with Crippen LogP contribution >= 0.6 is 0 Å². The van der Waals surface area contributed by atoms with Crippen molar-refractivity contribution in [3.8, 4) is 0 Å². The molecule has 3 saturated heterocycles. The van der Waals surface area contributed by atoms with E-state index >= 15 is 0 Å². The van der Waals surface area contributed by atoms with E-state index in [9.17, 15) is 15.2 Å². The first kappa shape index (κ1) is 26.4. The molecule has 3 fully saturated rings. The van der Waals surface area contributed by atoms with Crippen LogP contribution in [0, 0.1) is 10.4 Å². The lowest BCUT2D eigenvalue weighted by molar-refractivity contribution is -0.142. The molecule has 0 aromatic heterocycles. The molecule has 0 saturated carbocycles. The monoisotopic (exact) mass is 524 g/mol. The van der Waals surface area contributed by atoms with E-state index in [0.717, 1.165) is 16.8 Å². The third-order valence-corrected chi connectivity index (χ3v) is 8.04. The highest BCUT2D eigenvalue weighted by molar-refractivity contribution is 5.89. The Bertz CT molecular complexity index is 1130. The van der Waals surface area contributed by atoms with Crippen molar-refractivity contribution in [1.82, 2.24) is 9.80 Å².